The molecule has 0 aromatic rings. The summed E-state index contributed by atoms with van der Waals surface area (Å²) < 4.78 is 13.6. The second-order valence-corrected chi connectivity index (χ2v) is 2.73. The molecule has 62 valence electrons. The largest absolute Gasteiger partial charge is 1.00 e. The molecule has 0 aliphatic carbocycles. The van der Waals surface area contributed by atoms with E-state index in [1.54, 1.807) is 0 Å². The van der Waals surface area contributed by atoms with Crippen LogP contribution in [0.15, 0.2) is 0 Å². The van der Waals surface area contributed by atoms with Gasteiger partial charge in [0, 0.05) is 13.2 Å². The molecule has 1 N–H and O–H groups in total. The molecular weight excluding hydrogens is 237 g/mol. The van der Waals surface area contributed by atoms with Crippen molar-refractivity contribution < 1.29 is 127 Å². The maximum Gasteiger partial charge on any atom is 1.00 e. The Balaban J connectivity index is -0.000000116. The molecule has 1 heterocycles. The van der Waals surface area contributed by atoms with Crippen LogP contribution < -0.4 is 113 Å². The molecule has 0 saturated carbocycles. The summed E-state index contributed by atoms with van der Waals surface area (Å²) in [5.41, 5.74) is 0. The Labute approximate surface area is 157 Å². The van der Waals surface area contributed by atoms with Gasteiger partial charge in [-0.2, -0.15) is 0 Å². The van der Waals surface area contributed by atoms with Gasteiger partial charge in [-0.15, -0.1) is 0 Å². The molecule has 5 nitrogen and oxygen atoms in total. The summed E-state index contributed by atoms with van der Waals surface area (Å²) in [7, 11) is -5.14. The van der Waals surface area contributed by atoms with Gasteiger partial charge < -0.3 is 24.0 Å². The Morgan fingerprint density at radius 1 is 1.17 bits per heavy atom. The molecule has 0 aromatic carbocycles. The molecule has 1 aliphatic rings. The van der Waals surface area contributed by atoms with Crippen LogP contribution in [0.5, 0.6) is 0 Å². The standard InChI is InChI=1S/C4H8O.2K.H3O4P/c1-2-4-5-3-1;;;1-5(2,3)4/h1-4H2;;;(H3,1,2,3,4)/q;2*+1;/p-2. The summed E-state index contributed by atoms with van der Waals surface area (Å²) in [6.07, 6.45) is 2.56. The van der Waals surface area contributed by atoms with E-state index in [2.05, 4.69) is 0 Å². The monoisotopic (exact) mass is 246 g/mol. The molecule has 1 aliphatic heterocycles. The summed E-state index contributed by atoms with van der Waals surface area (Å²) in [5, 5.41) is 0. The molecule has 1 saturated heterocycles. The third-order valence-electron chi connectivity index (χ3n) is 0.827. The van der Waals surface area contributed by atoms with Crippen LogP contribution >= 0.6 is 7.82 Å². The fourth-order valence-electron chi connectivity index (χ4n) is 0.510. The van der Waals surface area contributed by atoms with Crippen LogP contribution in [0.2, 0.25) is 0 Å². The average molecular weight is 246 g/mol. The van der Waals surface area contributed by atoms with Gasteiger partial charge in [-0.05, 0) is 12.8 Å². The van der Waals surface area contributed by atoms with Crippen molar-refractivity contribution in [2.75, 3.05) is 13.2 Å². The number of hydrogen-bond donors (Lipinski definition) is 1. The third-order valence-corrected chi connectivity index (χ3v) is 0.827. The molecule has 0 aromatic heterocycles. The minimum Gasteiger partial charge on any atom is -0.790 e. The van der Waals surface area contributed by atoms with Gasteiger partial charge in [0.1, 0.15) is 0 Å². The topological polar surface area (TPSA) is 92.7 Å². The van der Waals surface area contributed by atoms with Crippen molar-refractivity contribution in [3.63, 3.8) is 0 Å². The van der Waals surface area contributed by atoms with Crippen molar-refractivity contribution in [3.05, 3.63) is 0 Å². The van der Waals surface area contributed by atoms with Crippen LogP contribution in [0.25, 0.3) is 0 Å². The predicted molar refractivity (Wildman–Crippen MR) is 29.9 cm³/mol. The third kappa shape index (κ3) is 29.2. The Morgan fingerprint density at radius 3 is 1.50 bits per heavy atom. The number of phosphoric acid groups is 1. The first-order chi connectivity index (χ1) is 4.50. The second-order valence-electron chi connectivity index (χ2n) is 1.79. The molecule has 1 fully saturated rings. The van der Waals surface area contributed by atoms with E-state index < -0.39 is 7.82 Å². The molecular formula is C4H9K2O5P. The van der Waals surface area contributed by atoms with Crippen LogP contribution in [-0.4, -0.2) is 18.1 Å². The molecule has 12 heavy (non-hydrogen) atoms. The molecule has 0 spiro atoms. The second kappa shape index (κ2) is 12.4. The minimum atomic E-state index is -5.14. The molecule has 0 radical (unpaired) electrons. The minimum absolute atomic E-state index is 0. The van der Waals surface area contributed by atoms with E-state index in [1.807, 2.05) is 0 Å². The fraction of sp³-hybridized carbons (Fsp3) is 1.00. The van der Waals surface area contributed by atoms with Gasteiger partial charge in [0.05, 0.1) is 7.82 Å². The normalized spacial score (nSPS) is 14.9. The first-order valence-corrected chi connectivity index (χ1v) is 4.32. The van der Waals surface area contributed by atoms with E-state index >= 15 is 0 Å². The maximum atomic E-state index is 8.66. The Kier molecular flexibility index (Phi) is 21.4. The predicted octanol–water partition coefficient (Wildman–Crippen LogP) is -7.39. The van der Waals surface area contributed by atoms with E-state index in [0.29, 0.717) is 0 Å². The number of hydrogen-bond acceptors (Lipinski definition) is 4. The van der Waals surface area contributed by atoms with Gasteiger partial charge in [0.15, 0.2) is 0 Å². The average Bonchev–Trinajstić information content (AvgIpc) is 2.07. The Hall–Kier alpha value is 3.34. The van der Waals surface area contributed by atoms with Gasteiger partial charge in [-0.3, -0.25) is 0 Å². The zero-order chi connectivity index (χ0) is 8.04. The van der Waals surface area contributed by atoms with E-state index in [-0.39, 0.29) is 103 Å². The van der Waals surface area contributed by atoms with Crippen LogP contribution in [0, 0.1) is 0 Å². The van der Waals surface area contributed by atoms with Crippen molar-refractivity contribution in [2.24, 2.45) is 0 Å². The van der Waals surface area contributed by atoms with Crippen molar-refractivity contribution >= 4 is 7.82 Å². The quantitative estimate of drug-likeness (QED) is 0.338. The Bertz CT molecular complexity index is 107. The zero-order valence-electron chi connectivity index (χ0n) is 7.36. The smallest absolute Gasteiger partial charge is 0.790 e. The first kappa shape index (κ1) is 20.7. The van der Waals surface area contributed by atoms with Gasteiger partial charge in [-0.1, -0.05) is 0 Å². The van der Waals surface area contributed by atoms with Crippen LogP contribution in [0.4, 0.5) is 0 Å². The maximum absolute atomic E-state index is 8.66. The molecule has 0 atom stereocenters. The number of rotatable bonds is 0. The van der Waals surface area contributed by atoms with E-state index in [9.17, 15) is 0 Å². The van der Waals surface area contributed by atoms with Crippen LogP contribution in [-0.2, 0) is 9.30 Å². The van der Waals surface area contributed by atoms with Crippen LogP contribution in [0.1, 0.15) is 12.8 Å². The van der Waals surface area contributed by atoms with E-state index in [1.165, 1.54) is 12.8 Å². The van der Waals surface area contributed by atoms with Crippen molar-refractivity contribution in [1.29, 1.82) is 0 Å². The van der Waals surface area contributed by atoms with Gasteiger partial charge in [0.25, 0.3) is 0 Å². The van der Waals surface area contributed by atoms with Gasteiger partial charge >= 0.3 is 103 Å². The van der Waals surface area contributed by atoms with Crippen molar-refractivity contribution in [2.45, 2.75) is 12.8 Å². The Morgan fingerprint density at radius 2 is 1.42 bits per heavy atom. The van der Waals surface area contributed by atoms with Crippen LogP contribution in [0.3, 0.4) is 0 Å². The summed E-state index contributed by atoms with van der Waals surface area (Å²) in [6, 6.07) is 0. The zero-order valence-corrected chi connectivity index (χ0v) is 14.5. The van der Waals surface area contributed by atoms with Gasteiger partial charge in [0.2, 0.25) is 0 Å². The van der Waals surface area contributed by atoms with E-state index in [0.717, 1.165) is 13.2 Å². The number of ether oxygens (including phenoxy) is 1. The van der Waals surface area contributed by atoms with Gasteiger partial charge in [-0.25, -0.2) is 0 Å². The summed E-state index contributed by atoms with van der Waals surface area (Å²) in [6.45, 7) is 2.00. The molecule has 0 bridgehead atoms. The molecule has 8 heteroatoms. The SMILES string of the molecule is C1CCOC1.O=P([O-])([O-])O.[K+].[K+]. The van der Waals surface area contributed by atoms with Crippen molar-refractivity contribution in [1.82, 2.24) is 0 Å². The fourth-order valence-corrected chi connectivity index (χ4v) is 0.510. The molecule has 1 rings (SSSR count). The molecule has 0 amide bonds. The van der Waals surface area contributed by atoms with Crippen molar-refractivity contribution in [3.8, 4) is 0 Å². The molecule has 0 unspecified atom stereocenters. The van der Waals surface area contributed by atoms with E-state index in [4.69, 9.17) is 24.0 Å². The summed E-state index contributed by atoms with van der Waals surface area (Å²) >= 11 is 0. The first-order valence-electron chi connectivity index (χ1n) is 2.83. The summed E-state index contributed by atoms with van der Waals surface area (Å²) in [5.74, 6) is 0. The summed E-state index contributed by atoms with van der Waals surface area (Å²) in [4.78, 5) is 24.3.